The number of nitro groups is 1. The van der Waals surface area contributed by atoms with Crippen molar-refractivity contribution in [1.29, 1.82) is 0 Å². The lowest BCUT2D eigenvalue weighted by Crippen LogP contribution is -2.27. The molecular weight excluding hydrogens is 525 g/mol. The highest BCUT2D eigenvalue weighted by Crippen LogP contribution is 2.38. The summed E-state index contributed by atoms with van der Waals surface area (Å²) in [4.78, 5) is 26.7. The second-order valence-corrected chi connectivity index (χ2v) is 10.5. The molecule has 0 aliphatic rings. The second-order valence-electron chi connectivity index (χ2n) is 7.13. The molecule has 0 saturated carbocycles. The number of hydrogen-bond acceptors (Lipinski definition) is 8. The molecule has 0 bridgehead atoms. The molecule has 182 valence electrons. The van der Waals surface area contributed by atoms with Crippen LogP contribution in [0.5, 0.6) is 5.75 Å². The quantitative estimate of drug-likeness (QED) is 0.155. The summed E-state index contributed by atoms with van der Waals surface area (Å²) in [6, 6.07) is 10.5. The van der Waals surface area contributed by atoms with Crippen LogP contribution in [-0.2, 0) is 16.5 Å². The number of alkyl halides is 2. The SMILES string of the molecule is O=c1ccc(CC(c2ccsc2[N+](=O)[O-])S(=O)(=O)Oc2ccc(N(CCCl)CCCl)cc2)c[nH]1. The molecule has 0 saturated heterocycles. The van der Waals surface area contributed by atoms with E-state index in [0.29, 0.717) is 30.4 Å². The first kappa shape index (κ1) is 26.0. The van der Waals surface area contributed by atoms with Gasteiger partial charge in [-0.05, 0) is 47.7 Å². The summed E-state index contributed by atoms with van der Waals surface area (Å²) in [5, 5.41) is 11.3. The lowest BCUT2D eigenvalue weighted by Gasteiger charge is -2.23. The third-order valence-electron chi connectivity index (χ3n) is 4.93. The molecule has 13 heteroatoms. The van der Waals surface area contributed by atoms with Gasteiger partial charge in [0.2, 0.25) is 5.56 Å². The van der Waals surface area contributed by atoms with E-state index in [-0.39, 0.29) is 28.3 Å². The molecule has 0 aliphatic carbocycles. The first-order valence-corrected chi connectivity index (χ1v) is 13.5. The lowest BCUT2D eigenvalue weighted by molar-refractivity contribution is -0.380. The van der Waals surface area contributed by atoms with Gasteiger partial charge >= 0.3 is 15.1 Å². The molecule has 0 spiro atoms. The van der Waals surface area contributed by atoms with E-state index < -0.39 is 20.3 Å². The van der Waals surface area contributed by atoms with Gasteiger partial charge in [-0.25, -0.2) is 0 Å². The Labute approximate surface area is 210 Å². The molecule has 3 rings (SSSR count). The maximum atomic E-state index is 13.3. The van der Waals surface area contributed by atoms with Gasteiger partial charge in [-0.1, -0.05) is 17.4 Å². The molecule has 9 nitrogen and oxygen atoms in total. The maximum Gasteiger partial charge on any atom is 0.328 e. The molecule has 0 radical (unpaired) electrons. The van der Waals surface area contributed by atoms with Gasteiger partial charge in [0.25, 0.3) is 0 Å². The average Bonchev–Trinajstić information content (AvgIpc) is 3.28. The molecule has 34 heavy (non-hydrogen) atoms. The molecular formula is C21H21Cl2N3O6S2. The van der Waals surface area contributed by atoms with E-state index >= 15 is 0 Å². The summed E-state index contributed by atoms with van der Waals surface area (Å²) in [7, 11) is -4.36. The van der Waals surface area contributed by atoms with E-state index in [1.54, 1.807) is 12.1 Å². The number of anilines is 1. The lowest BCUT2D eigenvalue weighted by atomic mass is 10.1. The molecule has 3 aromatic rings. The number of nitrogens with one attached hydrogen (secondary N) is 1. The molecule has 1 atom stereocenters. The van der Waals surface area contributed by atoms with Crippen molar-refractivity contribution in [3.05, 3.63) is 85.6 Å². The highest BCUT2D eigenvalue weighted by molar-refractivity contribution is 7.87. The van der Waals surface area contributed by atoms with Gasteiger partial charge in [-0.15, -0.1) is 23.2 Å². The van der Waals surface area contributed by atoms with E-state index in [0.717, 1.165) is 17.0 Å². The zero-order chi connectivity index (χ0) is 24.7. The third kappa shape index (κ3) is 6.50. The summed E-state index contributed by atoms with van der Waals surface area (Å²) in [5.74, 6) is 0.856. The second kappa shape index (κ2) is 11.7. The molecule has 1 unspecified atom stereocenters. The highest BCUT2D eigenvalue weighted by atomic mass is 35.5. The van der Waals surface area contributed by atoms with Crippen LogP contribution in [0.25, 0.3) is 0 Å². The Bertz CT molecular complexity index is 1250. The summed E-state index contributed by atoms with van der Waals surface area (Å²) in [5.41, 5.74) is 0.946. The fourth-order valence-electron chi connectivity index (χ4n) is 3.33. The van der Waals surface area contributed by atoms with Crippen LogP contribution in [-0.4, -0.2) is 43.2 Å². The zero-order valence-electron chi connectivity index (χ0n) is 17.7. The Hall–Kier alpha value is -2.60. The van der Waals surface area contributed by atoms with Crippen molar-refractivity contribution in [3.63, 3.8) is 0 Å². The number of aromatic amines is 1. The number of nitrogens with zero attached hydrogens (tertiary/aromatic N) is 2. The predicted octanol–water partition coefficient (Wildman–Crippen LogP) is 4.32. The summed E-state index contributed by atoms with van der Waals surface area (Å²) in [6.07, 6.45) is 1.24. The van der Waals surface area contributed by atoms with Crippen LogP contribution in [0.15, 0.2) is 58.8 Å². The first-order valence-electron chi connectivity index (χ1n) is 10.0. The van der Waals surface area contributed by atoms with E-state index in [2.05, 4.69) is 4.98 Å². The number of hydrogen-bond donors (Lipinski definition) is 1. The van der Waals surface area contributed by atoms with Crippen LogP contribution >= 0.6 is 34.5 Å². The minimum Gasteiger partial charge on any atom is -0.382 e. The van der Waals surface area contributed by atoms with Crippen LogP contribution in [0, 0.1) is 10.1 Å². The molecule has 1 aromatic carbocycles. The van der Waals surface area contributed by atoms with E-state index in [4.69, 9.17) is 27.4 Å². The van der Waals surface area contributed by atoms with Gasteiger partial charge in [0.15, 0.2) is 0 Å². The van der Waals surface area contributed by atoms with Gasteiger partial charge < -0.3 is 14.1 Å². The Kier molecular flexibility index (Phi) is 8.95. The number of pyridine rings is 1. The number of benzene rings is 1. The Morgan fingerprint density at radius 1 is 1.09 bits per heavy atom. The van der Waals surface area contributed by atoms with Gasteiger partial charge in [-0.2, -0.15) is 8.42 Å². The van der Waals surface area contributed by atoms with Crippen molar-refractivity contribution in [2.45, 2.75) is 11.7 Å². The standard InChI is InChI=1S/C21H21Cl2N3O6S2/c22-8-10-25(11-9-23)16-2-4-17(5-3-16)32-34(30,31)19(13-15-1-6-20(27)24-14-15)18-7-12-33-21(18)26(28)29/h1-7,12,14,19H,8-11,13H2,(H,24,27). The van der Waals surface area contributed by atoms with Crippen molar-refractivity contribution in [3.8, 4) is 5.75 Å². The van der Waals surface area contributed by atoms with E-state index in [1.165, 1.54) is 41.9 Å². The van der Waals surface area contributed by atoms with Crippen LogP contribution in [0.2, 0.25) is 0 Å². The fourth-order valence-corrected chi connectivity index (χ4v) is 5.99. The number of aromatic nitrogens is 1. The van der Waals surface area contributed by atoms with Crippen molar-refractivity contribution in [2.24, 2.45) is 0 Å². The topological polar surface area (TPSA) is 123 Å². The molecule has 0 aliphatic heterocycles. The van der Waals surface area contributed by atoms with Gasteiger partial charge in [0.1, 0.15) is 11.0 Å². The van der Waals surface area contributed by atoms with Crippen molar-refractivity contribution in [2.75, 3.05) is 29.7 Å². The zero-order valence-corrected chi connectivity index (χ0v) is 20.9. The van der Waals surface area contributed by atoms with Crippen LogP contribution < -0.4 is 14.6 Å². The van der Waals surface area contributed by atoms with E-state index in [9.17, 15) is 23.3 Å². The van der Waals surface area contributed by atoms with Gasteiger partial charge in [0, 0.05) is 42.8 Å². The number of halogens is 2. The molecule has 0 fully saturated rings. The minimum absolute atomic E-state index is 0.0215. The number of thiophene rings is 1. The fraction of sp³-hybridized carbons (Fsp3) is 0.286. The number of H-pyrrole nitrogens is 1. The van der Waals surface area contributed by atoms with Crippen molar-refractivity contribution < 1.29 is 17.5 Å². The monoisotopic (exact) mass is 545 g/mol. The Morgan fingerprint density at radius 3 is 2.32 bits per heavy atom. The van der Waals surface area contributed by atoms with Crippen LogP contribution in [0.1, 0.15) is 16.4 Å². The Balaban J connectivity index is 1.92. The first-order chi connectivity index (χ1) is 16.2. The van der Waals surface area contributed by atoms with Crippen molar-refractivity contribution in [1.82, 2.24) is 4.98 Å². The molecule has 1 N–H and O–H groups in total. The maximum absolute atomic E-state index is 13.3. The van der Waals surface area contributed by atoms with Crippen molar-refractivity contribution >= 4 is 55.3 Å². The van der Waals surface area contributed by atoms with Crippen LogP contribution in [0.3, 0.4) is 0 Å². The van der Waals surface area contributed by atoms with Gasteiger partial charge in [-0.3, -0.25) is 14.9 Å². The third-order valence-corrected chi connectivity index (χ3v) is 7.69. The number of rotatable bonds is 12. The molecule has 2 aromatic heterocycles. The smallest absolute Gasteiger partial charge is 0.328 e. The summed E-state index contributed by atoms with van der Waals surface area (Å²) in [6.45, 7) is 1.13. The summed E-state index contributed by atoms with van der Waals surface area (Å²) < 4.78 is 32.0. The highest BCUT2D eigenvalue weighted by Gasteiger charge is 2.36. The average molecular weight is 546 g/mol. The summed E-state index contributed by atoms with van der Waals surface area (Å²) >= 11 is 12.5. The predicted molar refractivity (Wildman–Crippen MR) is 134 cm³/mol. The Morgan fingerprint density at radius 2 is 1.76 bits per heavy atom. The minimum atomic E-state index is -4.36. The molecule has 2 heterocycles. The van der Waals surface area contributed by atoms with Crippen LogP contribution in [0.4, 0.5) is 10.7 Å². The normalized spacial score (nSPS) is 12.3. The molecule has 0 amide bonds. The van der Waals surface area contributed by atoms with E-state index in [1.807, 2.05) is 4.90 Å². The van der Waals surface area contributed by atoms with Gasteiger partial charge in [0.05, 0.1) is 10.5 Å². The largest absolute Gasteiger partial charge is 0.382 e.